The van der Waals surface area contributed by atoms with Crippen LogP contribution >= 0.6 is 12.4 Å². The second-order valence-electron chi connectivity index (χ2n) is 5.40. The number of benzene rings is 1. The second-order valence-corrected chi connectivity index (χ2v) is 5.40. The lowest BCUT2D eigenvalue weighted by Crippen LogP contribution is -2.42. The van der Waals surface area contributed by atoms with Crippen molar-refractivity contribution in [1.29, 1.82) is 5.26 Å². The number of carbonyl (C=O) groups excluding carboxylic acids is 1. The molecule has 0 radical (unpaired) electrons. The second kappa shape index (κ2) is 5.82. The third kappa shape index (κ3) is 2.39. The summed E-state index contributed by atoms with van der Waals surface area (Å²) in [5.74, 6) is 0.263. The first kappa shape index (κ1) is 14.8. The number of amides is 1. The molecule has 2 fully saturated rings. The van der Waals surface area contributed by atoms with E-state index in [1.165, 1.54) is 0 Å². The molecule has 2 aliphatic heterocycles. The predicted molar refractivity (Wildman–Crippen MR) is 79.9 cm³/mol. The molecule has 20 heavy (non-hydrogen) atoms. The van der Waals surface area contributed by atoms with Gasteiger partial charge in [-0.15, -0.1) is 12.4 Å². The molecule has 1 amide bonds. The summed E-state index contributed by atoms with van der Waals surface area (Å²) in [7, 11) is 0. The maximum atomic E-state index is 12.7. The molecule has 5 heteroatoms. The molecule has 2 aliphatic rings. The molecule has 4 nitrogen and oxygen atoms in total. The average molecular weight is 292 g/mol. The van der Waals surface area contributed by atoms with Gasteiger partial charge in [0.15, 0.2) is 0 Å². The molecule has 0 unspecified atom stereocenters. The Morgan fingerprint density at radius 3 is 2.40 bits per heavy atom. The van der Waals surface area contributed by atoms with Gasteiger partial charge in [0.2, 0.25) is 5.91 Å². The number of anilines is 1. The van der Waals surface area contributed by atoms with E-state index in [1.807, 2.05) is 17.0 Å². The number of piperidine rings is 1. The summed E-state index contributed by atoms with van der Waals surface area (Å²) in [5, 5.41) is 12.1. The van der Waals surface area contributed by atoms with Gasteiger partial charge in [-0.3, -0.25) is 4.79 Å². The van der Waals surface area contributed by atoms with E-state index in [-0.39, 0.29) is 23.7 Å². The fourth-order valence-corrected chi connectivity index (χ4v) is 3.15. The van der Waals surface area contributed by atoms with Crippen LogP contribution in [0.15, 0.2) is 24.3 Å². The Bertz CT molecular complexity index is 529. The summed E-state index contributed by atoms with van der Waals surface area (Å²) in [4.78, 5) is 14.6. The van der Waals surface area contributed by atoms with Crippen LogP contribution in [-0.4, -0.2) is 25.5 Å². The monoisotopic (exact) mass is 291 g/mol. The SMILES string of the molecule is Cl.N#Cc1ccc(N2CCC3(CCNCC3)C2=O)cc1. The fourth-order valence-electron chi connectivity index (χ4n) is 3.15. The van der Waals surface area contributed by atoms with Crippen molar-refractivity contribution in [3.63, 3.8) is 0 Å². The van der Waals surface area contributed by atoms with Gasteiger partial charge in [0.05, 0.1) is 17.0 Å². The Kier molecular flexibility index (Phi) is 4.32. The van der Waals surface area contributed by atoms with Gasteiger partial charge in [-0.1, -0.05) is 0 Å². The molecule has 0 saturated carbocycles. The van der Waals surface area contributed by atoms with Crippen LogP contribution in [0.5, 0.6) is 0 Å². The van der Waals surface area contributed by atoms with Crippen molar-refractivity contribution in [2.45, 2.75) is 19.3 Å². The van der Waals surface area contributed by atoms with Gasteiger partial charge in [0, 0.05) is 12.2 Å². The Balaban J connectivity index is 0.00000147. The third-order valence-corrected chi connectivity index (χ3v) is 4.38. The van der Waals surface area contributed by atoms with Crippen LogP contribution in [0.3, 0.4) is 0 Å². The van der Waals surface area contributed by atoms with Crippen LogP contribution in [0.25, 0.3) is 0 Å². The van der Waals surface area contributed by atoms with Crippen molar-refractivity contribution >= 4 is 24.0 Å². The molecule has 1 aromatic rings. The summed E-state index contributed by atoms with van der Waals surface area (Å²) in [6.07, 6.45) is 2.84. The van der Waals surface area contributed by atoms with Gasteiger partial charge in [-0.05, 0) is 56.6 Å². The van der Waals surface area contributed by atoms with E-state index >= 15 is 0 Å². The maximum absolute atomic E-state index is 12.7. The maximum Gasteiger partial charge on any atom is 0.233 e. The quantitative estimate of drug-likeness (QED) is 0.862. The summed E-state index contributed by atoms with van der Waals surface area (Å²) in [6, 6.07) is 9.39. The Hall–Kier alpha value is -1.57. The topological polar surface area (TPSA) is 56.1 Å². The highest BCUT2D eigenvalue weighted by Crippen LogP contribution is 2.41. The number of nitrogens with zero attached hydrogens (tertiary/aromatic N) is 2. The van der Waals surface area contributed by atoms with Gasteiger partial charge < -0.3 is 10.2 Å². The van der Waals surface area contributed by atoms with Crippen LogP contribution < -0.4 is 10.2 Å². The third-order valence-electron chi connectivity index (χ3n) is 4.38. The lowest BCUT2D eigenvalue weighted by molar-refractivity contribution is -0.126. The molecule has 2 saturated heterocycles. The minimum absolute atomic E-state index is 0. The van der Waals surface area contributed by atoms with Crippen molar-refractivity contribution in [2.24, 2.45) is 5.41 Å². The zero-order valence-electron chi connectivity index (χ0n) is 11.3. The van der Waals surface area contributed by atoms with Gasteiger partial charge >= 0.3 is 0 Å². The van der Waals surface area contributed by atoms with Gasteiger partial charge in [-0.25, -0.2) is 0 Å². The molecule has 0 bridgehead atoms. The highest BCUT2D eigenvalue weighted by molar-refractivity contribution is 6.00. The van der Waals surface area contributed by atoms with Crippen molar-refractivity contribution in [3.05, 3.63) is 29.8 Å². The number of rotatable bonds is 1. The average Bonchev–Trinajstić information content (AvgIpc) is 2.77. The smallest absolute Gasteiger partial charge is 0.233 e. The zero-order valence-corrected chi connectivity index (χ0v) is 12.1. The van der Waals surface area contributed by atoms with Crippen LogP contribution in [0.2, 0.25) is 0 Å². The highest BCUT2D eigenvalue weighted by atomic mass is 35.5. The summed E-state index contributed by atoms with van der Waals surface area (Å²) in [6.45, 7) is 2.67. The van der Waals surface area contributed by atoms with Crippen molar-refractivity contribution < 1.29 is 4.79 Å². The van der Waals surface area contributed by atoms with E-state index < -0.39 is 0 Å². The number of halogens is 1. The molecule has 0 aliphatic carbocycles. The molecule has 1 N–H and O–H groups in total. The molecular formula is C15H18ClN3O. The van der Waals surface area contributed by atoms with Crippen molar-refractivity contribution in [1.82, 2.24) is 5.32 Å². The van der Waals surface area contributed by atoms with Gasteiger partial charge in [0.1, 0.15) is 0 Å². The highest BCUT2D eigenvalue weighted by Gasteiger charge is 2.47. The van der Waals surface area contributed by atoms with Crippen LogP contribution in [0.1, 0.15) is 24.8 Å². The molecule has 2 heterocycles. The molecular weight excluding hydrogens is 274 g/mol. The molecule has 106 valence electrons. The van der Waals surface area contributed by atoms with E-state index in [0.717, 1.165) is 44.6 Å². The Labute approximate surface area is 125 Å². The summed E-state index contributed by atoms with van der Waals surface area (Å²) >= 11 is 0. The zero-order chi connectivity index (χ0) is 13.3. The first-order chi connectivity index (χ1) is 9.25. The molecule has 3 rings (SSSR count). The van der Waals surface area contributed by atoms with Gasteiger partial charge in [-0.2, -0.15) is 5.26 Å². The van der Waals surface area contributed by atoms with E-state index in [9.17, 15) is 4.79 Å². The minimum Gasteiger partial charge on any atom is -0.317 e. The number of carbonyl (C=O) groups is 1. The van der Waals surface area contributed by atoms with Crippen LogP contribution in [-0.2, 0) is 4.79 Å². The van der Waals surface area contributed by atoms with E-state index in [1.54, 1.807) is 12.1 Å². The number of hydrogen-bond acceptors (Lipinski definition) is 3. The predicted octanol–water partition coefficient (Wildman–Crippen LogP) is 2.09. The Morgan fingerprint density at radius 1 is 1.15 bits per heavy atom. The van der Waals surface area contributed by atoms with Crippen LogP contribution in [0.4, 0.5) is 5.69 Å². The first-order valence-corrected chi connectivity index (χ1v) is 6.78. The van der Waals surface area contributed by atoms with E-state index in [4.69, 9.17) is 5.26 Å². The van der Waals surface area contributed by atoms with Crippen molar-refractivity contribution in [3.8, 4) is 6.07 Å². The lowest BCUT2D eigenvalue weighted by Gasteiger charge is -2.32. The standard InChI is InChI=1S/C15H17N3O.ClH/c16-11-12-1-3-13(4-2-12)18-10-7-15(14(18)19)5-8-17-9-6-15;/h1-4,17H,5-10H2;1H. The number of nitriles is 1. The van der Waals surface area contributed by atoms with E-state index in [0.29, 0.717) is 5.56 Å². The first-order valence-electron chi connectivity index (χ1n) is 6.78. The summed E-state index contributed by atoms with van der Waals surface area (Å²) < 4.78 is 0. The molecule has 0 atom stereocenters. The summed E-state index contributed by atoms with van der Waals surface area (Å²) in [5.41, 5.74) is 1.41. The fraction of sp³-hybridized carbons (Fsp3) is 0.467. The lowest BCUT2D eigenvalue weighted by atomic mass is 9.78. The Morgan fingerprint density at radius 2 is 1.80 bits per heavy atom. The molecule has 0 aromatic heterocycles. The number of nitrogens with one attached hydrogen (secondary N) is 1. The van der Waals surface area contributed by atoms with Gasteiger partial charge in [0.25, 0.3) is 0 Å². The van der Waals surface area contributed by atoms with E-state index in [2.05, 4.69) is 11.4 Å². The normalized spacial score (nSPS) is 20.6. The molecule has 1 spiro atoms. The van der Waals surface area contributed by atoms with Crippen molar-refractivity contribution in [2.75, 3.05) is 24.5 Å². The largest absolute Gasteiger partial charge is 0.317 e. The van der Waals surface area contributed by atoms with Crippen LogP contribution in [0, 0.1) is 16.7 Å². The molecule has 1 aromatic carbocycles. The number of hydrogen-bond donors (Lipinski definition) is 1. The minimum atomic E-state index is -0.140.